The van der Waals surface area contributed by atoms with E-state index in [2.05, 4.69) is 21.8 Å². The fourth-order valence-electron chi connectivity index (χ4n) is 3.98. The van der Waals surface area contributed by atoms with Crippen molar-refractivity contribution in [1.82, 2.24) is 9.97 Å². The monoisotopic (exact) mass is 420 g/mol. The van der Waals surface area contributed by atoms with Crippen LogP contribution in [0.1, 0.15) is 19.8 Å². The van der Waals surface area contributed by atoms with Crippen LogP contribution in [0.3, 0.4) is 0 Å². The first-order chi connectivity index (χ1) is 13.4. The van der Waals surface area contributed by atoms with E-state index in [-0.39, 0.29) is 17.6 Å². The third kappa shape index (κ3) is 3.50. The van der Waals surface area contributed by atoms with Crippen molar-refractivity contribution in [2.75, 3.05) is 36.1 Å². The molecule has 0 unspecified atom stereocenters. The zero-order chi connectivity index (χ0) is 19.9. The average molecular weight is 421 g/mol. The molecule has 3 heterocycles. The first-order valence-electron chi connectivity index (χ1n) is 9.36. The SMILES string of the molecule is C[C@H]1OCC2(CCN(c3cnc(Sc4cccc(N)c4Cl)c(N)n3)CC2)[C@H]1N. The van der Waals surface area contributed by atoms with Crippen molar-refractivity contribution in [3.05, 3.63) is 29.4 Å². The molecule has 2 saturated heterocycles. The Labute approximate surface area is 174 Å². The van der Waals surface area contributed by atoms with Crippen molar-refractivity contribution in [3.8, 4) is 0 Å². The molecule has 0 aliphatic carbocycles. The summed E-state index contributed by atoms with van der Waals surface area (Å²) in [5.41, 5.74) is 19.1. The van der Waals surface area contributed by atoms with Crippen LogP contribution in [-0.4, -0.2) is 41.8 Å². The quantitative estimate of drug-likeness (QED) is 0.649. The summed E-state index contributed by atoms with van der Waals surface area (Å²) in [5.74, 6) is 1.17. The van der Waals surface area contributed by atoms with E-state index in [4.69, 9.17) is 33.5 Å². The molecule has 9 heteroatoms. The minimum absolute atomic E-state index is 0.0780. The van der Waals surface area contributed by atoms with Crippen LogP contribution in [0.15, 0.2) is 34.3 Å². The molecular formula is C19H25ClN6OS. The van der Waals surface area contributed by atoms with E-state index in [0.29, 0.717) is 21.6 Å². The molecule has 1 spiro atoms. The third-order valence-corrected chi connectivity index (χ3v) is 7.48. The summed E-state index contributed by atoms with van der Waals surface area (Å²) in [4.78, 5) is 12.1. The molecule has 7 nitrogen and oxygen atoms in total. The minimum atomic E-state index is 0.0780. The van der Waals surface area contributed by atoms with Gasteiger partial charge in [-0.25, -0.2) is 9.97 Å². The van der Waals surface area contributed by atoms with Gasteiger partial charge < -0.3 is 26.8 Å². The fraction of sp³-hybridized carbons (Fsp3) is 0.474. The molecular weight excluding hydrogens is 396 g/mol. The zero-order valence-electron chi connectivity index (χ0n) is 15.8. The van der Waals surface area contributed by atoms with Gasteiger partial charge in [0.2, 0.25) is 0 Å². The number of hydrogen-bond acceptors (Lipinski definition) is 8. The maximum Gasteiger partial charge on any atom is 0.158 e. The van der Waals surface area contributed by atoms with E-state index in [1.54, 1.807) is 12.3 Å². The first-order valence-corrected chi connectivity index (χ1v) is 10.6. The Morgan fingerprint density at radius 2 is 2.04 bits per heavy atom. The number of rotatable bonds is 3. The lowest BCUT2D eigenvalue weighted by molar-refractivity contribution is 0.0974. The van der Waals surface area contributed by atoms with E-state index in [1.165, 1.54) is 11.8 Å². The molecule has 2 aromatic rings. The summed E-state index contributed by atoms with van der Waals surface area (Å²) in [6.45, 7) is 4.53. The molecule has 1 aromatic carbocycles. The topological polar surface area (TPSA) is 116 Å². The van der Waals surface area contributed by atoms with Crippen LogP contribution in [-0.2, 0) is 4.74 Å². The van der Waals surface area contributed by atoms with Crippen LogP contribution in [0.2, 0.25) is 5.02 Å². The Kier molecular flexibility index (Phi) is 5.30. The van der Waals surface area contributed by atoms with Crippen LogP contribution in [0.25, 0.3) is 0 Å². The molecule has 4 rings (SSSR count). The maximum atomic E-state index is 6.40. The summed E-state index contributed by atoms with van der Waals surface area (Å²) in [6.07, 6.45) is 3.85. The normalized spacial score (nSPS) is 24.0. The predicted octanol–water partition coefficient (Wildman–Crippen LogP) is 2.78. The number of halogens is 1. The van der Waals surface area contributed by atoms with E-state index in [1.807, 2.05) is 12.1 Å². The van der Waals surface area contributed by atoms with Gasteiger partial charge in [-0.15, -0.1) is 0 Å². The van der Waals surface area contributed by atoms with Crippen molar-refractivity contribution in [2.24, 2.45) is 11.1 Å². The molecule has 0 saturated carbocycles. The highest BCUT2D eigenvalue weighted by Crippen LogP contribution is 2.42. The van der Waals surface area contributed by atoms with Gasteiger partial charge in [0.05, 0.1) is 29.6 Å². The Balaban J connectivity index is 1.46. The van der Waals surface area contributed by atoms with Gasteiger partial charge in [0.25, 0.3) is 0 Å². The molecule has 2 fully saturated rings. The number of nitrogens with zero attached hydrogens (tertiary/aromatic N) is 3. The second kappa shape index (κ2) is 7.59. The van der Waals surface area contributed by atoms with Gasteiger partial charge in [-0.3, -0.25) is 0 Å². The van der Waals surface area contributed by atoms with Gasteiger partial charge in [0.1, 0.15) is 10.8 Å². The highest BCUT2D eigenvalue weighted by atomic mass is 35.5. The summed E-state index contributed by atoms with van der Waals surface area (Å²) >= 11 is 7.63. The van der Waals surface area contributed by atoms with Crippen LogP contribution >= 0.6 is 23.4 Å². The van der Waals surface area contributed by atoms with Gasteiger partial charge in [-0.2, -0.15) is 0 Å². The lowest BCUT2D eigenvalue weighted by Gasteiger charge is -2.41. The van der Waals surface area contributed by atoms with Crippen LogP contribution < -0.4 is 22.1 Å². The van der Waals surface area contributed by atoms with Gasteiger partial charge in [0, 0.05) is 29.4 Å². The standard InChI is InChI=1S/C19H25ClN6OS/c1-11-16(22)19(10-27-11)5-7-26(8-6-19)14-9-24-18(17(23)25-14)28-13-4-2-3-12(21)15(13)20/h2-4,9,11,16H,5-8,10,21-22H2,1H3,(H2,23,25)/t11-,16+/m1/s1. The van der Waals surface area contributed by atoms with Gasteiger partial charge in [-0.1, -0.05) is 29.4 Å². The third-order valence-electron chi connectivity index (χ3n) is 5.88. The van der Waals surface area contributed by atoms with Crippen molar-refractivity contribution in [2.45, 2.75) is 41.8 Å². The number of anilines is 3. The molecule has 2 aliphatic heterocycles. The molecule has 0 bridgehead atoms. The van der Waals surface area contributed by atoms with Crippen molar-refractivity contribution < 1.29 is 4.74 Å². The summed E-state index contributed by atoms with van der Waals surface area (Å²) in [6, 6.07) is 5.59. The smallest absolute Gasteiger partial charge is 0.158 e. The molecule has 6 N–H and O–H groups in total. The average Bonchev–Trinajstić information content (AvgIpc) is 2.96. The number of nitrogens with two attached hydrogens (primary N) is 3. The minimum Gasteiger partial charge on any atom is -0.397 e. The van der Waals surface area contributed by atoms with Crippen molar-refractivity contribution >= 4 is 40.7 Å². The molecule has 2 atom stereocenters. The summed E-state index contributed by atoms with van der Waals surface area (Å²) in [7, 11) is 0. The lowest BCUT2D eigenvalue weighted by Crippen LogP contribution is -2.50. The van der Waals surface area contributed by atoms with Crippen molar-refractivity contribution in [3.63, 3.8) is 0 Å². The Bertz CT molecular complexity index is 873. The number of nitrogen functional groups attached to an aromatic ring is 2. The van der Waals surface area contributed by atoms with E-state index >= 15 is 0 Å². The predicted molar refractivity (Wildman–Crippen MR) is 114 cm³/mol. The Hall–Kier alpha value is -1.74. The van der Waals surface area contributed by atoms with E-state index < -0.39 is 0 Å². The number of ether oxygens (including phenoxy) is 1. The molecule has 28 heavy (non-hydrogen) atoms. The van der Waals surface area contributed by atoms with Crippen LogP contribution in [0, 0.1) is 5.41 Å². The zero-order valence-corrected chi connectivity index (χ0v) is 17.3. The summed E-state index contributed by atoms with van der Waals surface area (Å²) < 4.78 is 5.79. The van der Waals surface area contributed by atoms with Gasteiger partial charge in [-0.05, 0) is 31.9 Å². The number of hydrogen-bond donors (Lipinski definition) is 3. The highest BCUT2D eigenvalue weighted by Gasteiger charge is 2.47. The molecule has 0 amide bonds. The number of aromatic nitrogens is 2. The molecule has 1 aromatic heterocycles. The first kappa shape index (κ1) is 19.6. The Morgan fingerprint density at radius 3 is 2.68 bits per heavy atom. The second-order valence-electron chi connectivity index (χ2n) is 7.57. The van der Waals surface area contributed by atoms with Crippen molar-refractivity contribution in [1.29, 1.82) is 0 Å². The molecule has 150 valence electrons. The van der Waals surface area contributed by atoms with Crippen LogP contribution in [0.4, 0.5) is 17.3 Å². The maximum absolute atomic E-state index is 6.40. The summed E-state index contributed by atoms with van der Waals surface area (Å²) in [5, 5.41) is 1.12. The van der Waals surface area contributed by atoms with E-state index in [9.17, 15) is 0 Å². The number of piperidine rings is 1. The Morgan fingerprint density at radius 1 is 1.29 bits per heavy atom. The van der Waals surface area contributed by atoms with Gasteiger partial charge in [0.15, 0.2) is 5.82 Å². The largest absolute Gasteiger partial charge is 0.397 e. The second-order valence-corrected chi connectivity index (χ2v) is 8.98. The van der Waals surface area contributed by atoms with Gasteiger partial charge >= 0.3 is 0 Å². The fourth-order valence-corrected chi connectivity index (χ4v) is 5.04. The number of benzene rings is 1. The van der Waals surface area contributed by atoms with E-state index in [0.717, 1.165) is 43.3 Å². The lowest BCUT2D eigenvalue weighted by atomic mass is 9.73. The molecule has 2 aliphatic rings. The molecule has 0 radical (unpaired) electrons. The van der Waals surface area contributed by atoms with Crippen LogP contribution in [0.5, 0.6) is 0 Å². The highest BCUT2D eigenvalue weighted by molar-refractivity contribution is 7.99.